The maximum atomic E-state index is 16.5. The van der Waals surface area contributed by atoms with E-state index in [2.05, 4.69) is 25.8 Å². The van der Waals surface area contributed by atoms with Crippen LogP contribution in [0.1, 0.15) is 38.5 Å². The Morgan fingerprint density at radius 2 is 1.81 bits per heavy atom. The molecule has 4 aromatic rings. The minimum Gasteiger partial charge on any atom is -0.508 e. The molecule has 0 unspecified atom stereocenters. The molecule has 9 nitrogen and oxygen atoms in total. The van der Waals surface area contributed by atoms with Gasteiger partial charge in [0.2, 0.25) is 0 Å². The van der Waals surface area contributed by atoms with Crippen molar-refractivity contribution in [3.8, 4) is 29.1 Å². The summed E-state index contributed by atoms with van der Waals surface area (Å²) in [6, 6.07) is 12.9. The second-order valence-electron chi connectivity index (χ2n) is 11.7. The van der Waals surface area contributed by atoms with Crippen LogP contribution in [0.5, 0.6) is 11.8 Å². The first kappa shape index (κ1) is 26.4. The molecule has 3 aliphatic rings. The van der Waals surface area contributed by atoms with Gasteiger partial charge in [0.15, 0.2) is 11.9 Å². The molecule has 2 aromatic carbocycles. The number of aromatic nitrogens is 3. The van der Waals surface area contributed by atoms with Crippen LogP contribution in [0.4, 0.5) is 10.2 Å². The molecule has 0 bridgehead atoms. The number of aromatic hydroxyl groups is 1. The molecular weight excluding hydrogens is 533 g/mol. The molecular formula is C32H30FN7O2. The summed E-state index contributed by atoms with van der Waals surface area (Å²) in [6.07, 6.45) is 6.65. The lowest BCUT2D eigenvalue weighted by Gasteiger charge is -2.33. The van der Waals surface area contributed by atoms with E-state index in [9.17, 15) is 10.4 Å². The van der Waals surface area contributed by atoms with Crippen molar-refractivity contribution in [2.45, 2.75) is 49.6 Å². The number of nitrogens with zero attached hydrogens (tertiary/aromatic N) is 7. The fraction of sp³-hybridized carbons (Fsp3) is 0.406. The van der Waals surface area contributed by atoms with E-state index >= 15 is 4.39 Å². The smallest absolute Gasteiger partial charge is 0.319 e. The van der Waals surface area contributed by atoms with Crippen LogP contribution in [0.25, 0.3) is 37.8 Å². The van der Waals surface area contributed by atoms with Crippen LogP contribution in [-0.4, -0.2) is 68.8 Å². The highest BCUT2D eigenvalue weighted by Gasteiger charge is 2.45. The highest BCUT2D eigenvalue weighted by Crippen LogP contribution is 2.41. The molecule has 0 spiro atoms. The zero-order valence-electron chi connectivity index (χ0n) is 23.2. The number of anilines is 1. The van der Waals surface area contributed by atoms with Crippen molar-refractivity contribution in [3.05, 3.63) is 59.8 Å². The fourth-order valence-electron chi connectivity index (χ4n) is 7.00. The first-order chi connectivity index (χ1) is 20.4. The van der Waals surface area contributed by atoms with Crippen LogP contribution in [0.3, 0.4) is 0 Å². The molecule has 42 heavy (non-hydrogen) atoms. The Bertz CT molecular complexity index is 1760. The van der Waals surface area contributed by atoms with Crippen LogP contribution in [-0.2, 0) is 0 Å². The first-order valence-electron chi connectivity index (χ1n) is 14.5. The van der Waals surface area contributed by atoms with Gasteiger partial charge in [0.1, 0.15) is 29.4 Å². The number of piperidine rings is 1. The van der Waals surface area contributed by atoms with Crippen LogP contribution < -0.4 is 9.64 Å². The van der Waals surface area contributed by atoms with Crippen molar-refractivity contribution in [2.75, 3.05) is 37.7 Å². The van der Waals surface area contributed by atoms with Crippen molar-refractivity contribution in [2.24, 2.45) is 0 Å². The van der Waals surface area contributed by atoms with Crippen molar-refractivity contribution in [3.63, 3.8) is 0 Å². The number of phenols is 1. The average Bonchev–Trinajstić information content (AvgIpc) is 3.60. The normalized spacial score (nSPS) is 19.5. The molecule has 5 heterocycles. The minimum absolute atomic E-state index is 0.0171. The molecule has 0 radical (unpaired) electrons. The van der Waals surface area contributed by atoms with Crippen molar-refractivity contribution in [1.29, 1.82) is 5.26 Å². The molecule has 2 aromatic heterocycles. The summed E-state index contributed by atoms with van der Waals surface area (Å²) in [7, 11) is 0. The van der Waals surface area contributed by atoms with Gasteiger partial charge in [0, 0.05) is 24.8 Å². The van der Waals surface area contributed by atoms with Gasteiger partial charge in [0.05, 0.1) is 23.8 Å². The molecule has 3 aliphatic heterocycles. The molecule has 0 amide bonds. The van der Waals surface area contributed by atoms with Crippen LogP contribution in [0, 0.1) is 23.7 Å². The number of halogens is 1. The Balaban J connectivity index is 1.33. The highest BCUT2D eigenvalue weighted by atomic mass is 19.1. The lowest BCUT2D eigenvalue weighted by Crippen LogP contribution is -2.44. The summed E-state index contributed by atoms with van der Waals surface area (Å²) < 4.78 is 22.8. The van der Waals surface area contributed by atoms with Gasteiger partial charge >= 0.3 is 11.5 Å². The molecule has 3 fully saturated rings. The van der Waals surface area contributed by atoms with Gasteiger partial charge in [-0.05, 0) is 61.7 Å². The summed E-state index contributed by atoms with van der Waals surface area (Å²) in [5, 5.41) is 22.0. The van der Waals surface area contributed by atoms with Gasteiger partial charge in [-0.1, -0.05) is 24.3 Å². The fourth-order valence-corrected chi connectivity index (χ4v) is 7.00. The number of benzene rings is 2. The highest BCUT2D eigenvalue weighted by molar-refractivity contribution is 5.99. The van der Waals surface area contributed by atoms with E-state index in [1.165, 1.54) is 6.07 Å². The van der Waals surface area contributed by atoms with Gasteiger partial charge in [-0.15, -0.1) is 0 Å². The zero-order chi connectivity index (χ0) is 28.9. The first-order valence-corrected chi connectivity index (χ1v) is 14.5. The van der Waals surface area contributed by atoms with E-state index < -0.39 is 11.4 Å². The van der Waals surface area contributed by atoms with E-state index in [1.807, 2.05) is 29.2 Å². The van der Waals surface area contributed by atoms with Gasteiger partial charge in [-0.2, -0.15) is 15.2 Å². The minimum atomic E-state index is -1.06. The number of phenolic OH excluding ortho intramolecular Hbond substituents is 1. The number of nitriles is 1. The number of ether oxygens (including phenoxy) is 1. The van der Waals surface area contributed by atoms with E-state index in [0.717, 1.165) is 49.5 Å². The topological polar surface area (TPSA) is 103 Å². The summed E-state index contributed by atoms with van der Waals surface area (Å²) in [4.78, 5) is 22.0. The maximum absolute atomic E-state index is 16.5. The van der Waals surface area contributed by atoms with Crippen molar-refractivity contribution >= 4 is 27.5 Å². The molecule has 212 valence electrons. The SMILES string of the molecule is [C-]#[N+]C1(C#N)CCN(c2nc(OCC34CCCN3CCC4)nc3c(F)c(-c4cc(O)cc5ccccc45)ncc23)CC1. The maximum Gasteiger partial charge on any atom is 0.319 e. The van der Waals surface area contributed by atoms with E-state index in [0.29, 0.717) is 49.3 Å². The van der Waals surface area contributed by atoms with Gasteiger partial charge in [-0.25, -0.2) is 11.0 Å². The van der Waals surface area contributed by atoms with Crippen molar-refractivity contribution < 1.29 is 14.2 Å². The number of fused-ring (bicyclic) bond motifs is 3. The van der Waals surface area contributed by atoms with Crippen LogP contribution in [0.15, 0.2) is 42.6 Å². The molecule has 10 heteroatoms. The summed E-state index contributed by atoms with van der Waals surface area (Å²) >= 11 is 0. The Morgan fingerprint density at radius 1 is 1.05 bits per heavy atom. The van der Waals surface area contributed by atoms with Crippen LogP contribution >= 0.6 is 0 Å². The largest absolute Gasteiger partial charge is 0.508 e. The second-order valence-corrected chi connectivity index (χ2v) is 11.7. The third-order valence-corrected chi connectivity index (χ3v) is 9.34. The van der Waals surface area contributed by atoms with Gasteiger partial charge in [-0.3, -0.25) is 14.7 Å². The summed E-state index contributed by atoms with van der Waals surface area (Å²) in [6.45, 7) is 10.9. The average molecular weight is 564 g/mol. The summed E-state index contributed by atoms with van der Waals surface area (Å²) in [5.41, 5.74) is -0.459. The van der Waals surface area contributed by atoms with Crippen molar-refractivity contribution in [1.82, 2.24) is 19.9 Å². The third-order valence-electron chi connectivity index (χ3n) is 9.34. The van der Waals surface area contributed by atoms with E-state index in [1.54, 1.807) is 12.3 Å². The van der Waals surface area contributed by atoms with Gasteiger partial charge < -0.3 is 14.7 Å². The Labute approximate surface area is 243 Å². The number of hydrogen-bond acceptors (Lipinski definition) is 8. The Kier molecular flexibility index (Phi) is 6.32. The Hall–Kier alpha value is -4.54. The predicted molar refractivity (Wildman–Crippen MR) is 157 cm³/mol. The molecule has 3 saturated heterocycles. The molecule has 0 saturated carbocycles. The summed E-state index contributed by atoms with van der Waals surface area (Å²) in [5.74, 6) is -0.122. The third kappa shape index (κ3) is 4.26. The second kappa shape index (κ2) is 10.1. The molecule has 1 N–H and O–H groups in total. The number of hydrogen-bond donors (Lipinski definition) is 1. The van der Waals surface area contributed by atoms with E-state index in [-0.39, 0.29) is 28.5 Å². The zero-order valence-corrected chi connectivity index (χ0v) is 23.2. The standard InChI is InChI=1S/C32H30FN7O2/c1-35-31(19-34)10-14-39(15-11-31)29-25-18-36-27(24-17-22(41)16-21-6-2-3-7-23(21)24)26(33)28(25)37-30(38-29)42-20-32-8-4-12-40(32)13-5-9-32/h2-3,6-7,16-18,41H,4-5,8-15,20H2. The monoisotopic (exact) mass is 563 g/mol. The molecule has 0 aliphatic carbocycles. The molecule has 0 atom stereocenters. The molecule has 7 rings (SSSR count). The Morgan fingerprint density at radius 3 is 2.55 bits per heavy atom. The lowest BCUT2D eigenvalue weighted by molar-refractivity contribution is 0.108. The lowest BCUT2D eigenvalue weighted by atomic mass is 9.90. The number of rotatable bonds is 5. The predicted octanol–water partition coefficient (Wildman–Crippen LogP) is 5.48. The van der Waals surface area contributed by atoms with E-state index in [4.69, 9.17) is 16.3 Å². The quantitative estimate of drug-likeness (QED) is 0.319. The van der Waals surface area contributed by atoms with Gasteiger partial charge in [0.25, 0.3) is 0 Å². The number of pyridine rings is 1. The van der Waals surface area contributed by atoms with Crippen LogP contribution in [0.2, 0.25) is 0 Å².